The van der Waals surface area contributed by atoms with Crippen LogP contribution in [0.15, 0.2) is 54.6 Å². The van der Waals surface area contributed by atoms with E-state index in [2.05, 4.69) is 17.0 Å². The SMILES string of the molecule is CCOc1ccc(OCCC(=O)OC(C)C(=O)N2CCN(c3ccccc3)CC2)cc1. The van der Waals surface area contributed by atoms with Gasteiger partial charge in [0.05, 0.1) is 19.6 Å². The number of nitrogens with zero attached hydrogens (tertiary/aromatic N) is 2. The summed E-state index contributed by atoms with van der Waals surface area (Å²) >= 11 is 0. The zero-order chi connectivity index (χ0) is 22.1. The van der Waals surface area contributed by atoms with Crippen molar-refractivity contribution in [1.29, 1.82) is 0 Å². The van der Waals surface area contributed by atoms with E-state index in [1.54, 1.807) is 24.0 Å². The van der Waals surface area contributed by atoms with E-state index in [4.69, 9.17) is 14.2 Å². The van der Waals surface area contributed by atoms with Gasteiger partial charge < -0.3 is 24.0 Å². The van der Waals surface area contributed by atoms with Gasteiger partial charge in [0.15, 0.2) is 6.10 Å². The van der Waals surface area contributed by atoms with Crippen molar-refractivity contribution < 1.29 is 23.8 Å². The van der Waals surface area contributed by atoms with Crippen LogP contribution in [0.3, 0.4) is 0 Å². The van der Waals surface area contributed by atoms with E-state index >= 15 is 0 Å². The largest absolute Gasteiger partial charge is 0.494 e. The Labute approximate surface area is 183 Å². The van der Waals surface area contributed by atoms with E-state index in [0.717, 1.165) is 24.5 Å². The number of hydrogen-bond donors (Lipinski definition) is 0. The van der Waals surface area contributed by atoms with Crippen molar-refractivity contribution in [3.05, 3.63) is 54.6 Å². The van der Waals surface area contributed by atoms with Crippen LogP contribution in [-0.2, 0) is 14.3 Å². The molecule has 0 radical (unpaired) electrons. The lowest BCUT2D eigenvalue weighted by atomic mass is 10.2. The molecule has 0 spiro atoms. The fraction of sp³-hybridized carbons (Fsp3) is 0.417. The highest BCUT2D eigenvalue weighted by atomic mass is 16.6. The third-order valence-corrected chi connectivity index (χ3v) is 5.08. The molecule has 1 aliphatic heterocycles. The smallest absolute Gasteiger partial charge is 0.310 e. The summed E-state index contributed by atoms with van der Waals surface area (Å²) < 4.78 is 16.3. The van der Waals surface area contributed by atoms with Crippen molar-refractivity contribution in [2.24, 2.45) is 0 Å². The molecule has 0 saturated carbocycles. The van der Waals surface area contributed by atoms with Crippen LogP contribution in [0.2, 0.25) is 0 Å². The zero-order valence-corrected chi connectivity index (χ0v) is 18.2. The third kappa shape index (κ3) is 6.64. The van der Waals surface area contributed by atoms with Crippen LogP contribution in [-0.4, -0.2) is 62.3 Å². The normalized spacial score (nSPS) is 14.6. The van der Waals surface area contributed by atoms with Crippen LogP contribution in [0.5, 0.6) is 11.5 Å². The van der Waals surface area contributed by atoms with Crippen molar-refractivity contribution >= 4 is 17.6 Å². The molecule has 2 aromatic rings. The Morgan fingerprint density at radius 1 is 0.903 bits per heavy atom. The van der Waals surface area contributed by atoms with Crippen molar-refractivity contribution in [3.63, 3.8) is 0 Å². The first kappa shape index (κ1) is 22.5. The van der Waals surface area contributed by atoms with Crippen LogP contribution in [0.1, 0.15) is 20.3 Å². The third-order valence-electron chi connectivity index (χ3n) is 5.08. The predicted molar refractivity (Wildman–Crippen MR) is 119 cm³/mol. The highest BCUT2D eigenvalue weighted by Gasteiger charge is 2.27. The van der Waals surface area contributed by atoms with Crippen molar-refractivity contribution in [2.75, 3.05) is 44.3 Å². The van der Waals surface area contributed by atoms with Crippen LogP contribution in [0.25, 0.3) is 0 Å². The lowest BCUT2D eigenvalue weighted by Crippen LogP contribution is -2.51. The molecule has 1 heterocycles. The summed E-state index contributed by atoms with van der Waals surface area (Å²) in [6.45, 7) is 7.06. The maximum Gasteiger partial charge on any atom is 0.310 e. The van der Waals surface area contributed by atoms with Gasteiger partial charge in [0.2, 0.25) is 0 Å². The molecule has 7 nitrogen and oxygen atoms in total. The first-order chi connectivity index (χ1) is 15.1. The first-order valence-corrected chi connectivity index (χ1v) is 10.7. The molecule has 31 heavy (non-hydrogen) atoms. The van der Waals surface area contributed by atoms with Gasteiger partial charge in [0.25, 0.3) is 5.91 Å². The minimum absolute atomic E-state index is 0.0760. The number of carbonyl (C=O) groups is 2. The fourth-order valence-electron chi connectivity index (χ4n) is 3.44. The minimum atomic E-state index is -0.804. The molecule has 0 N–H and O–H groups in total. The maximum absolute atomic E-state index is 12.6. The van der Waals surface area contributed by atoms with Gasteiger partial charge in [-0.25, -0.2) is 0 Å². The lowest BCUT2D eigenvalue weighted by Gasteiger charge is -2.37. The molecule has 1 unspecified atom stereocenters. The van der Waals surface area contributed by atoms with E-state index in [1.165, 1.54) is 0 Å². The van der Waals surface area contributed by atoms with Crippen molar-refractivity contribution in [3.8, 4) is 11.5 Å². The van der Waals surface area contributed by atoms with Gasteiger partial charge in [-0.05, 0) is 50.2 Å². The molecule has 0 bridgehead atoms. The Bertz CT molecular complexity index is 833. The highest BCUT2D eigenvalue weighted by Crippen LogP contribution is 2.18. The minimum Gasteiger partial charge on any atom is -0.494 e. The van der Waals surface area contributed by atoms with Gasteiger partial charge in [-0.15, -0.1) is 0 Å². The quantitative estimate of drug-likeness (QED) is 0.574. The van der Waals surface area contributed by atoms with Gasteiger partial charge in [0, 0.05) is 31.9 Å². The molecule has 1 fully saturated rings. The molecule has 1 saturated heterocycles. The van der Waals surface area contributed by atoms with E-state index in [0.29, 0.717) is 25.4 Å². The number of benzene rings is 2. The Balaban J connectivity index is 1.36. The number of ether oxygens (including phenoxy) is 3. The second-order valence-corrected chi connectivity index (χ2v) is 7.28. The zero-order valence-electron chi connectivity index (χ0n) is 18.2. The summed E-state index contributed by atoms with van der Waals surface area (Å²) in [6.07, 6.45) is -0.728. The molecule has 7 heteroatoms. The molecular weight excluding hydrogens is 396 g/mol. The predicted octanol–water partition coefficient (Wildman–Crippen LogP) is 3.13. The molecule has 0 aromatic heterocycles. The fourth-order valence-corrected chi connectivity index (χ4v) is 3.44. The first-order valence-electron chi connectivity index (χ1n) is 10.7. The average Bonchev–Trinajstić information content (AvgIpc) is 2.80. The van der Waals surface area contributed by atoms with Gasteiger partial charge >= 0.3 is 5.97 Å². The van der Waals surface area contributed by atoms with Crippen LogP contribution in [0.4, 0.5) is 5.69 Å². The number of esters is 1. The summed E-state index contributed by atoms with van der Waals surface area (Å²) in [7, 11) is 0. The number of rotatable bonds is 9. The number of carbonyl (C=O) groups excluding carboxylic acids is 2. The Hall–Kier alpha value is -3.22. The summed E-state index contributed by atoms with van der Waals surface area (Å²) in [6, 6.07) is 17.3. The molecule has 0 aliphatic carbocycles. The number of para-hydroxylation sites is 1. The molecule has 1 atom stereocenters. The highest BCUT2D eigenvalue weighted by molar-refractivity contribution is 5.83. The standard InChI is InChI=1S/C24H30N2O5/c1-3-29-21-9-11-22(12-10-21)30-18-13-23(27)31-19(2)24(28)26-16-14-25(15-17-26)20-7-5-4-6-8-20/h4-12,19H,3,13-18H2,1-2H3. The summed E-state index contributed by atoms with van der Waals surface area (Å²) in [5, 5.41) is 0. The van der Waals surface area contributed by atoms with E-state index in [1.807, 2.05) is 37.3 Å². The van der Waals surface area contributed by atoms with Crippen LogP contribution in [0, 0.1) is 0 Å². The van der Waals surface area contributed by atoms with Crippen molar-refractivity contribution in [1.82, 2.24) is 4.90 Å². The summed E-state index contributed by atoms with van der Waals surface area (Å²) in [5.41, 5.74) is 1.15. The lowest BCUT2D eigenvalue weighted by molar-refractivity contribution is -0.159. The molecule has 166 valence electrons. The van der Waals surface area contributed by atoms with Gasteiger partial charge in [-0.1, -0.05) is 18.2 Å². The molecule has 1 amide bonds. The second kappa shape index (κ2) is 11.2. The number of anilines is 1. The monoisotopic (exact) mass is 426 g/mol. The van der Waals surface area contributed by atoms with E-state index < -0.39 is 12.1 Å². The van der Waals surface area contributed by atoms with E-state index in [-0.39, 0.29) is 18.9 Å². The van der Waals surface area contributed by atoms with Crippen LogP contribution < -0.4 is 14.4 Å². The molecular formula is C24H30N2O5. The maximum atomic E-state index is 12.6. The number of amides is 1. The van der Waals surface area contributed by atoms with Gasteiger partial charge in [-0.3, -0.25) is 9.59 Å². The Morgan fingerprint density at radius 2 is 1.52 bits per heavy atom. The molecule has 3 rings (SSSR count). The second-order valence-electron chi connectivity index (χ2n) is 7.28. The van der Waals surface area contributed by atoms with Crippen molar-refractivity contribution in [2.45, 2.75) is 26.4 Å². The van der Waals surface area contributed by atoms with Gasteiger partial charge in [-0.2, -0.15) is 0 Å². The number of piperazine rings is 1. The summed E-state index contributed by atoms with van der Waals surface area (Å²) in [4.78, 5) is 28.8. The summed E-state index contributed by atoms with van der Waals surface area (Å²) in [5.74, 6) is 0.811. The van der Waals surface area contributed by atoms with Gasteiger partial charge in [0.1, 0.15) is 11.5 Å². The Kier molecular flexibility index (Phi) is 8.15. The Morgan fingerprint density at radius 3 is 2.13 bits per heavy atom. The topological polar surface area (TPSA) is 68.3 Å². The number of hydrogen-bond acceptors (Lipinski definition) is 6. The average molecular weight is 427 g/mol. The molecule has 1 aliphatic rings. The van der Waals surface area contributed by atoms with Crippen LogP contribution >= 0.6 is 0 Å². The molecule has 2 aromatic carbocycles. The van der Waals surface area contributed by atoms with E-state index in [9.17, 15) is 9.59 Å².